The summed E-state index contributed by atoms with van der Waals surface area (Å²) in [6.45, 7) is 0.536. The first-order chi connectivity index (χ1) is 13.2. The molecule has 4 heteroatoms. The summed E-state index contributed by atoms with van der Waals surface area (Å²) in [6, 6.07) is 25.5. The molecular weight excluding hydrogens is 338 g/mol. The van der Waals surface area contributed by atoms with Gasteiger partial charge in [0.05, 0.1) is 7.11 Å². The van der Waals surface area contributed by atoms with E-state index in [1.54, 1.807) is 0 Å². The highest BCUT2D eigenvalue weighted by atomic mass is 16.5. The molecule has 0 aromatic heterocycles. The highest BCUT2D eigenvalue weighted by molar-refractivity contribution is 5.75. The summed E-state index contributed by atoms with van der Waals surface area (Å²) >= 11 is 0. The van der Waals surface area contributed by atoms with Crippen molar-refractivity contribution in [1.29, 1.82) is 0 Å². The van der Waals surface area contributed by atoms with Crippen LogP contribution in [0.3, 0.4) is 0 Å². The van der Waals surface area contributed by atoms with Crippen LogP contribution in [-0.4, -0.2) is 19.1 Å². The van der Waals surface area contributed by atoms with Crippen LogP contribution in [0.15, 0.2) is 78.9 Å². The van der Waals surface area contributed by atoms with Crippen molar-refractivity contribution in [3.05, 3.63) is 90.0 Å². The van der Waals surface area contributed by atoms with E-state index in [-0.39, 0.29) is 0 Å². The van der Waals surface area contributed by atoms with E-state index in [0.29, 0.717) is 13.0 Å². The Kier molecular flexibility index (Phi) is 6.23. The lowest BCUT2D eigenvalue weighted by atomic mass is 10.0. The van der Waals surface area contributed by atoms with Gasteiger partial charge < -0.3 is 15.2 Å². The van der Waals surface area contributed by atoms with Gasteiger partial charge >= 0.3 is 5.97 Å². The Labute approximate surface area is 159 Å². The van der Waals surface area contributed by atoms with Crippen LogP contribution < -0.4 is 10.5 Å². The van der Waals surface area contributed by atoms with Crippen LogP contribution in [0.4, 0.5) is 0 Å². The third-order valence-electron chi connectivity index (χ3n) is 4.33. The summed E-state index contributed by atoms with van der Waals surface area (Å²) in [7, 11) is 1.35. The van der Waals surface area contributed by atoms with E-state index >= 15 is 0 Å². The molecule has 0 heterocycles. The number of rotatable bonds is 7. The van der Waals surface area contributed by atoms with Crippen molar-refractivity contribution in [1.82, 2.24) is 0 Å². The predicted molar refractivity (Wildman–Crippen MR) is 106 cm³/mol. The lowest BCUT2D eigenvalue weighted by molar-refractivity contribution is -0.142. The first-order valence-electron chi connectivity index (χ1n) is 8.85. The normalized spacial score (nSPS) is 11.6. The Balaban J connectivity index is 1.66. The maximum Gasteiger partial charge on any atom is 0.322 e. The fraction of sp³-hybridized carbons (Fsp3) is 0.174. The van der Waals surface area contributed by atoms with Crippen LogP contribution in [0.5, 0.6) is 5.75 Å². The van der Waals surface area contributed by atoms with Crippen LogP contribution in [0.25, 0.3) is 11.1 Å². The number of esters is 1. The van der Waals surface area contributed by atoms with Crippen molar-refractivity contribution >= 4 is 5.97 Å². The van der Waals surface area contributed by atoms with Crippen LogP contribution in [0.1, 0.15) is 11.1 Å². The van der Waals surface area contributed by atoms with E-state index in [0.717, 1.165) is 28.0 Å². The Morgan fingerprint density at radius 3 is 2.33 bits per heavy atom. The Bertz CT molecular complexity index is 876. The van der Waals surface area contributed by atoms with Gasteiger partial charge in [-0.1, -0.05) is 66.7 Å². The Morgan fingerprint density at radius 1 is 0.889 bits per heavy atom. The monoisotopic (exact) mass is 361 g/mol. The van der Waals surface area contributed by atoms with Gasteiger partial charge in [0.2, 0.25) is 0 Å². The molecule has 27 heavy (non-hydrogen) atoms. The second-order valence-electron chi connectivity index (χ2n) is 6.33. The third kappa shape index (κ3) is 5.19. The molecule has 0 saturated heterocycles. The van der Waals surface area contributed by atoms with Crippen molar-refractivity contribution in [2.45, 2.75) is 19.1 Å². The Hall–Kier alpha value is -3.11. The summed E-state index contributed by atoms with van der Waals surface area (Å²) in [6.07, 6.45) is 0.452. The number of nitrogens with two attached hydrogens (primary N) is 1. The summed E-state index contributed by atoms with van der Waals surface area (Å²) in [4.78, 5) is 11.4. The third-order valence-corrected chi connectivity index (χ3v) is 4.33. The number of hydrogen-bond donors (Lipinski definition) is 1. The number of methoxy groups -OCH3 is 1. The van der Waals surface area contributed by atoms with Crippen LogP contribution in [0.2, 0.25) is 0 Å². The summed E-state index contributed by atoms with van der Waals surface area (Å²) in [5.74, 6) is 0.426. The van der Waals surface area contributed by atoms with Gasteiger partial charge in [0, 0.05) is 0 Å². The topological polar surface area (TPSA) is 61.5 Å². The van der Waals surface area contributed by atoms with Gasteiger partial charge in [-0.15, -0.1) is 0 Å². The van der Waals surface area contributed by atoms with Gasteiger partial charge in [-0.05, 0) is 40.8 Å². The summed E-state index contributed by atoms with van der Waals surface area (Å²) < 4.78 is 10.6. The maximum atomic E-state index is 11.4. The standard InChI is InChI=1S/C23H23NO3/c1-26-23(25)22(24)14-17-10-12-19(13-11-17)20-8-5-9-21(15-20)27-16-18-6-3-2-4-7-18/h2-13,15,22H,14,16,24H2,1H3/t22-/m0/s1. The lowest BCUT2D eigenvalue weighted by Crippen LogP contribution is -2.33. The first kappa shape index (κ1) is 18.7. The van der Waals surface area contributed by atoms with E-state index in [9.17, 15) is 4.79 Å². The molecule has 3 aromatic carbocycles. The fourth-order valence-electron chi connectivity index (χ4n) is 2.83. The predicted octanol–water partition coefficient (Wildman–Crippen LogP) is 3.98. The molecule has 2 N–H and O–H groups in total. The van der Waals surface area contributed by atoms with Crippen molar-refractivity contribution in [3.63, 3.8) is 0 Å². The molecule has 0 unspecified atom stereocenters. The average Bonchev–Trinajstić information content (AvgIpc) is 2.73. The smallest absolute Gasteiger partial charge is 0.322 e. The second kappa shape index (κ2) is 9.01. The highest BCUT2D eigenvalue weighted by Crippen LogP contribution is 2.25. The SMILES string of the molecule is COC(=O)[C@@H](N)Cc1ccc(-c2cccc(OCc3ccccc3)c2)cc1. The van der Waals surface area contributed by atoms with Crippen molar-refractivity contribution in [2.75, 3.05) is 7.11 Å². The molecule has 138 valence electrons. The van der Waals surface area contributed by atoms with Gasteiger partial charge in [0.25, 0.3) is 0 Å². The Morgan fingerprint density at radius 2 is 1.63 bits per heavy atom. The van der Waals surface area contributed by atoms with Crippen LogP contribution in [0, 0.1) is 0 Å². The molecule has 0 spiro atoms. The van der Waals surface area contributed by atoms with E-state index in [1.165, 1.54) is 7.11 Å². The first-order valence-corrected chi connectivity index (χ1v) is 8.85. The van der Waals surface area contributed by atoms with Crippen molar-refractivity contribution < 1.29 is 14.3 Å². The van der Waals surface area contributed by atoms with E-state index in [1.807, 2.05) is 78.9 Å². The largest absolute Gasteiger partial charge is 0.489 e. The highest BCUT2D eigenvalue weighted by Gasteiger charge is 2.14. The van der Waals surface area contributed by atoms with Crippen LogP contribution >= 0.6 is 0 Å². The molecule has 3 rings (SSSR count). The minimum Gasteiger partial charge on any atom is -0.489 e. The molecule has 0 aliphatic carbocycles. The molecule has 0 aliphatic rings. The molecule has 0 bridgehead atoms. The van der Waals surface area contributed by atoms with E-state index in [4.69, 9.17) is 10.5 Å². The molecule has 0 radical (unpaired) electrons. The van der Waals surface area contributed by atoms with Gasteiger partial charge in [-0.2, -0.15) is 0 Å². The number of carbonyl (C=O) groups is 1. The van der Waals surface area contributed by atoms with Gasteiger partial charge in [0.1, 0.15) is 18.4 Å². The zero-order valence-electron chi connectivity index (χ0n) is 15.3. The van der Waals surface area contributed by atoms with E-state index < -0.39 is 12.0 Å². The minimum absolute atomic E-state index is 0.401. The summed E-state index contributed by atoms with van der Waals surface area (Å²) in [5, 5.41) is 0. The number of ether oxygens (including phenoxy) is 2. The summed E-state index contributed by atoms with van der Waals surface area (Å²) in [5.41, 5.74) is 10.1. The molecule has 1 atom stereocenters. The van der Waals surface area contributed by atoms with Gasteiger partial charge in [-0.3, -0.25) is 4.79 Å². The quantitative estimate of drug-likeness (QED) is 0.647. The molecular formula is C23H23NO3. The second-order valence-corrected chi connectivity index (χ2v) is 6.33. The van der Waals surface area contributed by atoms with Crippen LogP contribution in [-0.2, 0) is 22.6 Å². The molecule has 0 amide bonds. The number of carbonyl (C=O) groups excluding carboxylic acids is 1. The molecule has 3 aromatic rings. The maximum absolute atomic E-state index is 11.4. The molecule has 4 nitrogen and oxygen atoms in total. The van der Waals surface area contributed by atoms with Crippen molar-refractivity contribution in [2.24, 2.45) is 5.73 Å². The zero-order valence-corrected chi connectivity index (χ0v) is 15.3. The molecule has 0 aliphatic heterocycles. The van der Waals surface area contributed by atoms with Crippen molar-refractivity contribution in [3.8, 4) is 16.9 Å². The van der Waals surface area contributed by atoms with E-state index in [2.05, 4.69) is 4.74 Å². The number of hydrogen-bond acceptors (Lipinski definition) is 4. The van der Waals surface area contributed by atoms with Gasteiger partial charge in [-0.25, -0.2) is 0 Å². The van der Waals surface area contributed by atoms with Gasteiger partial charge in [0.15, 0.2) is 0 Å². The molecule has 0 fully saturated rings. The minimum atomic E-state index is -0.643. The molecule has 0 saturated carbocycles. The average molecular weight is 361 g/mol. The zero-order chi connectivity index (χ0) is 19.1. The fourth-order valence-corrected chi connectivity index (χ4v) is 2.83. The lowest BCUT2D eigenvalue weighted by Gasteiger charge is -2.11. The number of benzene rings is 3.